The van der Waals surface area contributed by atoms with E-state index in [0.717, 1.165) is 6.07 Å². The molecule has 18 heavy (non-hydrogen) atoms. The van der Waals surface area contributed by atoms with Gasteiger partial charge in [0.15, 0.2) is 0 Å². The molecule has 0 aliphatic carbocycles. The van der Waals surface area contributed by atoms with Gasteiger partial charge in [-0.15, -0.1) is 10.2 Å². The lowest BCUT2D eigenvalue weighted by molar-refractivity contribution is 0.425. The zero-order valence-electron chi connectivity index (χ0n) is 9.50. The highest BCUT2D eigenvalue weighted by Crippen LogP contribution is 2.21. The van der Waals surface area contributed by atoms with Crippen LogP contribution in [0.15, 0.2) is 27.8 Å². The Kier molecular flexibility index (Phi) is 4.00. The monoisotopic (exact) mass is 268 g/mol. The van der Waals surface area contributed by atoms with Crippen LogP contribution in [0.5, 0.6) is 0 Å². The molecule has 94 valence electrons. The average Bonchev–Trinajstić information content (AvgIpc) is 2.72. The fourth-order valence-corrected chi connectivity index (χ4v) is 2.12. The van der Waals surface area contributed by atoms with E-state index < -0.39 is 12.9 Å². The van der Waals surface area contributed by atoms with Crippen LogP contribution in [0.3, 0.4) is 0 Å². The van der Waals surface area contributed by atoms with Gasteiger partial charge in [0.05, 0.1) is 0 Å². The minimum absolute atomic E-state index is 0.118. The van der Waals surface area contributed by atoms with Crippen molar-refractivity contribution >= 4 is 24.3 Å². The molecule has 0 atom stereocenters. The van der Waals surface area contributed by atoms with E-state index in [1.54, 1.807) is 6.92 Å². The average molecular weight is 268 g/mol. The lowest BCUT2D eigenvalue weighted by Gasteiger charge is -2.04. The predicted octanol–water partition coefficient (Wildman–Crippen LogP) is 0.489. The maximum absolute atomic E-state index is 13.2. The van der Waals surface area contributed by atoms with Crippen molar-refractivity contribution in [2.45, 2.75) is 17.9 Å². The van der Waals surface area contributed by atoms with Crippen LogP contribution in [0, 0.1) is 12.7 Å². The quantitative estimate of drug-likeness (QED) is 0.620. The summed E-state index contributed by atoms with van der Waals surface area (Å²) in [5, 5.41) is 25.9. The fourth-order valence-electron chi connectivity index (χ4n) is 1.39. The Labute approximate surface area is 107 Å². The SMILES string of the molecule is Cc1nnc(SCc2cc(F)cc(B(O)O)c2)o1. The van der Waals surface area contributed by atoms with E-state index in [4.69, 9.17) is 14.5 Å². The second-order valence-electron chi connectivity index (χ2n) is 3.64. The van der Waals surface area contributed by atoms with Gasteiger partial charge in [-0.25, -0.2) is 4.39 Å². The molecule has 1 aromatic heterocycles. The normalized spacial score (nSPS) is 10.7. The summed E-state index contributed by atoms with van der Waals surface area (Å²) in [5.74, 6) is 0.347. The van der Waals surface area contributed by atoms with Crippen molar-refractivity contribution in [3.8, 4) is 0 Å². The molecule has 0 bridgehead atoms. The van der Waals surface area contributed by atoms with Crippen molar-refractivity contribution in [3.63, 3.8) is 0 Å². The van der Waals surface area contributed by atoms with Crippen molar-refractivity contribution in [2.75, 3.05) is 0 Å². The van der Waals surface area contributed by atoms with Crippen LogP contribution < -0.4 is 5.46 Å². The molecule has 1 heterocycles. The number of hydrogen-bond acceptors (Lipinski definition) is 6. The summed E-state index contributed by atoms with van der Waals surface area (Å²) in [7, 11) is -1.69. The molecule has 1 aromatic carbocycles. The van der Waals surface area contributed by atoms with Gasteiger partial charge < -0.3 is 14.5 Å². The van der Waals surface area contributed by atoms with Crippen molar-refractivity contribution in [1.82, 2.24) is 10.2 Å². The minimum atomic E-state index is -1.69. The molecule has 0 amide bonds. The van der Waals surface area contributed by atoms with Crippen molar-refractivity contribution in [3.05, 3.63) is 35.5 Å². The number of rotatable bonds is 4. The summed E-state index contributed by atoms with van der Waals surface area (Å²) < 4.78 is 18.4. The van der Waals surface area contributed by atoms with E-state index in [2.05, 4.69) is 10.2 Å². The number of benzene rings is 1. The molecule has 0 aliphatic heterocycles. The Morgan fingerprint density at radius 1 is 1.33 bits per heavy atom. The third-order valence-electron chi connectivity index (χ3n) is 2.15. The van der Waals surface area contributed by atoms with Gasteiger partial charge in [0.25, 0.3) is 5.22 Å². The second-order valence-corrected chi connectivity index (χ2v) is 4.57. The van der Waals surface area contributed by atoms with Crippen LogP contribution >= 0.6 is 11.8 Å². The molecule has 2 aromatic rings. The standard InChI is InChI=1S/C10H10BFN2O3S/c1-6-13-14-10(17-6)18-5-7-2-8(11(15)16)4-9(12)3-7/h2-4,15-16H,5H2,1H3. The number of aromatic nitrogens is 2. The highest BCUT2D eigenvalue weighted by Gasteiger charge is 2.13. The molecule has 5 nitrogen and oxygen atoms in total. The van der Waals surface area contributed by atoms with E-state index in [1.807, 2.05) is 0 Å². The smallest absolute Gasteiger partial charge is 0.423 e. The third kappa shape index (κ3) is 3.31. The summed E-state index contributed by atoms with van der Waals surface area (Å²) in [6.07, 6.45) is 0. The number of aryl methyl sites for hydroxylation is 1. The molecule has 2 rings (SSSR count). The summed E-state index contributed by atoms with van der Waals surface area (Å²) in [6.45, 7) is 1.68. The van der Waals surface area contributed by atoms with E-state index in [-0.39, 0.29) is 5.46 Å². The zero-order chi connectivity index (χ0) is 13.1. The lowest BCUT2D eigenvalue weighted by atomic mass is 9.79. The summed E-state index contributed by atoms with van der Waals surface area (Å²) in [5.41, 5.74) is 0.728. The van der Waals surface area contributed by atoms with E-state index in [0.29, 0.717) is 22.4 Å². The molecule has 0 fully saturated rings. The fraction of sp³-hybridized carbons (Fsp3) is 0.200. The first-order chi connectivity index (χ1) is 8.54. The van der Waals surface area contributed by atoms with Gasteiger partial charge >= 0.3 is 7.12 Å². The van der Waals surface area contributed by atoms with Crippen molar-refractivity contribution < 1.29 is 18.9 Å². The Morgan fingerprint density at radius 3 is 2.72 bits per heavy atom. The topological polar surface area (TPSA) is 79.4 Å². The maximum Gasteiger partial charge on any atom is 0.488 e. The van der Waals surface area contributed by atoms with Gasteiger partial charge in [-0.2, -0.15) is 0 Å². The molecular weight excluding hydrogens is 258 g/mol. The Balaban J connectivity index is 2.09. The van der Waals surface area contributed by atoms with Crippen molar-refractivity contribution in [2.24, 2.45) is 0 Å². The molecule has 8 heteroatoms. The molecule has 0 spiro atoms. The number of thioether (sulfide) groups is 1. The van der Waals surface area contributed by atoms with Gasteiger partial charge in [-0.3, -0.25) is 0 Å². The number of halogens is 1. The van der Waals surface area contributed by atoms with Crippen LogP contribution in [0.25, 0.3) is 0 Å². The van der Waals surface area contributed by atoms with E-state index >= 15 is 0 Å². The maximum atomic E-state index is 13.2. The van der Waals surface area contributed by atoms with Crippen LogP contribution in [0.1, 0.15) is 11.5 Å². The second kappa shape index (κ2) is 5.51. The molecule has 2 N–H and O–H groups in total. The van der Waals surface area contributed by atoms with Gasteiger partial charge in [0.1, 0.15) is 5.82 Å². The first-order valence-electron chi connectivity index (χ1n) is 5.13. The first-order valence-corrected chi connectivity index (χ1v) is 6.11. The van der Waals surface area contributed by atoms with Crippen LogP contribution in [0.4, 0.5) is 4.39 Å². The van der Waals surface area contributed by atoms with Crippen LogP contribution in [0.2, 0.25) is 0 Å². The molecule has 0 unspecified atom stereocenters. The van der Waals surface area contributed by atoms with Crippen LogP contribution in [-0.2, 0) is 5.75 Å². The number of hydrogen-bond donors (Lipinski definition) is 2. The predicted molar refractivity (Wildman–Crippen MR) is 64.8 cm³/mol. The van der Waals surface area contributed by atoms with Crippen LogP contribution in [-0.4, -0.2) is 27.4 Å². The molecule has 0 saturated heterocycles. The molecule has 0 saturated carbocycles. The number of nitrogens with zero attached hydrogens (tertiary/aromatic N) is 2. The Bertz CT molecular complexity index is 550. The lowest BCUT2D eigenvalue weighted by Crippen LogP contribution is -2.30. The zero-order valence-corrected chi connectivity index (χ0v) is 10.3. The van der Waals surface area contributed by atoms with E-state index in [9.17, 15) is 4.39 Å². The van der Waals surface area contributed by atoms with Gasteiger partial charge in [0, 0.05) is 12.7 Å². The largest absolute Gasteiger partial charge is 0.488 e. The van der Waals surface area contributed by atoms with Gasteiger partial charge in [0.2, 0.25) is 5.89 Å². The minimum Gasteiger partial charge on any atom is -0.423 e. The summed E-state index contributed by atoms with van der Waals surface area (Å²) in [4.78, 5) is 0. The molecule has 0 aliphatic rings. The van der Waals surface area contributed by atoms with Gasteiger partial charge in [-0.1, -0.05) is 17.8 Å². The third-order valence-corrected chi connectivity index (χ3v) is 3.04. The molecular formula is C10H10BFN2O3S. The highest BCUT2D eigenvalue weighted by molar-refractivity contribution is 7.98. The Hall–Kier alpha value is -1.38. The van der Waals surface area contributed by atoms with Gasteiger partial charge in [-0.05, 0) is 23.2 Å². The molecule has 0 radical (unpaired) electrons. The first kappa shape index (κ1) is 13.1. The summed E-state index contributed by atoms with van der Waals surface area (Å²) in [6, 6.07) is 3.92. The van der Waals surface area contributed by atoms with Crippen molar-refractivity contribution in [1.29, 1.82) is 0 Å². The summed E-state index contributed by atoms with van der Waals surface area (Å²) >= 11 is 1.25. The Morgan fingerprint density at radius 2 is 2.11 bits per heavy atom. The highest BCUT2D eigenvalue weighted by atomic mass is 32.2. The van der Waals surface area contributed by atoms with E-state index in [1.165, 1.54) is 23.9 Å².